The van der Waals surface area contributed by atoms with Gasteiger partial charge < -0.3 is 24.7 Å². The van der Waals surface area contributed by atoms with E-state index in [2.05, 4.69) is 32.7 Å². The van der Waals surface area contributed by atoms with E-state index in [9.17, 15) is 14.4 Å². The maximum Gasteiger partial charge on any atom is 0.250 e. The second-order valence-corrected chi connectivity index (χ2v) is 10.5. The van der Waals surface area contributed by atoms with Crippen molar-refractivity contribution in [2.24, 2.45) is 11.8 Å². The third kappa shape index (κ3) is 4.43. The molecule has 0 radical (unpaired) electrons. The van der Waals surface area contributed by atoms with E-state index in [0.29, 0.717) is 25.4 Å². The first-order valence-corrected chi connectivity index (χ1v) is 13.1. The molecule has 37 heavy (non-hydrogen) atoms. The van der Waals surface area contributed by atoms with Crippen LogP contribution in [0.1, 0.15) is 36.9 Å². The average molecular weight is 501 g/mol. The van der Waals surface area contributed by atoms with Crippen molar-refractivity contribution in [1.29, 1.82) is 0 Å². The molecule has 0 aliphatic carbocycles. The second kappa shape index (κ2) is 9.53. The summed E-state index contributed by atoms with van der Waals surface area (Å²) in [7, 11) is 0. The number of anilines is 2. The maximum atomic E-state index is 13.7. The number of carbonyl (C=O) groups excluding carboxylic acids is 2. The van der Waals surface area contributed by atoms with Gasteiger partial charge >= 0.3 is 0 Å². The van der Waals surface area contributed by atoms with Gasteiger partial charge in [0.2, 0.25) is 11.8 Å². The summed E-state index contributed by atoms with van der Waals surface area (Å²) in [5, 5.41) is 6.08. The van der Waals surface area contributed by atoms with E-state index in [1.54, 1.807) is 18.6 Å². The van der Waals surface area contributed by atoms with Crippen molar-refractivity contribution in [3.05, 3.63) is 76.7 Å². The van der Waals surface area contributed by atoms with E-state index in [0.717, 1.165) is 48.6 Å². The summed E-state index contributed by atoms with van der Waals surface area (Å²) in [5.74, 6) is 0.113. The molecule has 0 spiro atoms. The minimum atomic E-state index is -0.263. The fourth-order valence-corrected chi connectivity index (χ4v) is 6.63. The first kappa shape index (κ1) is 23.5. The second-order valence-electron chi connectivity index (χ2n) is 10.5. The van der Waals surface area contributed by atoms with Gasteiger partial charge in [-0.15, -0.1) is 0 Å². The fourth-order valence-electron chi connectivity index (χ4n) is 6.63. The van der Waals surface area contributed by atoms with Crippen LogP contribution < -0.4 is 21.1 Å². The number of hydrogen-bond acceptors (Lipinski definition) is 5. The van der Waals surface area contributed by atoms with Gasteiger partial charge in [-0.05, 0) is 55.0 Å². The number of fused-ring (bicyclic) bond motifs is 8. The number of nitrogens with one attached hydrogen (secondary N) is 2. The van der Waals surface area contributed by atoms with Crippen molar-refractivity contribution in [2.45, 2.75) is 51.2 Å². The quantitative estimate of drug-likeness (QED) is 0.506. The average Bonchev–Trinajstić information content (AvgIpc) is 3.40. The highest BCUT2D eigenvalue weighted by Gasteiger charge is 2.49. The summed E-state index contributed by atoms with van der Waals surface area (Å²) in [5.41, 5.74) is 4.03. The third-order valence-electron chi connectivity index (χ3n) is 8.07. The zero-order valence-electron chi connectivity index (χ0n) is 21.0. The Bertz CT molecular complexity index is 1380. The van der Waals surface area contributed by atoms with Crippen molar-refractivity contribution < 1.29 is 9.59 Å². The standard InChI is InChI=1S/C28H32N6O3/c1-18(35)31-21-6-7-24-20(13-21)14-23(28(37)30-8-3-10-32-11-9-29-17-32)27-22-12-19(16-34(24)27)15-33-25(22)4-2-5-26(33)36/h2,4-7,9,11,13,17,19,22-23,27H,3,8,10,12,14-16H2,1H3,(H,30,37)(H,31,35)/t19-,22+,23+,27+/m0/s1. The van der Waals surface area contributed by atoms with Crippen LogP contribution in [0.3, 0.4) is 0 Å². The van der Waals surface area contributed by atoms with Crippen LogP contribution in [0, 0.1) is 11.8 Å². The molecule has 0 saturated carbocycles. The summed E-state index contributed by atoms with van der Waals surface area (Å²) < 4.78 is 3.93. The van der Waals surface area contributed by atoms with E-state index in [4.69, 9.17) is 0 Å². The number of piperidine rings is 1. The maximum absolute atomic E-state index is 13.7. The summed E-state index contributed by atoms with van der Waals surface area (Å²) in [6, 6.07) is 11.5. The molecule has 9 heteroatoms. The molecule has 1 saturated heterocycles. The highest BCUT2D eigenvalue weighted by atomic mass is 16.2. The van der Waals surface area contributed by atoms with Crippen molar-refractivity contribution in [1.82, 2.24) is 19.4 Å². The summed E-state index contributed by atoms with van der Waals surface area (Å²) >= 11 is 0. The zero-order valence-corrected chi connectivity index (χ0v) is 21.0. The Balaban J connectivity index is 1.32. The predicted molar refractivity (Wildman–Crippen MR) is 140 cm³/mol. The van der Waals surface area contributed by atoms with Crippen LogP contribution in [0.2, 0.25) is 0 Å². The Morgan fingerprint density at radius 1 is 1.16 bits per heavy atom. The molecular weight excluding hydrogens is 468 g/mol. The molecule has 9 nitrogen and oxygen atoms in total. The van der Waals surface area contributed by atoms with E-state index >= 15 is 0 Å². The number of hydrogen-bond donors (Lipinski definition) is 2. The summed E-state index contributed by atoms with van der Waals surface area (Å²) in [6.45, 7) is 4.39. The monoisotopic (exact) mass is 500 g/mol. The zero-order chi connectivity index (χ0) is 25.5. The van der Waals surface area contributed by atoms with Gasteiger partial charge in [0.15, 0.2) is 0 Å². The number of benzene rings is 1. The van der Waals surface area contributed by atoms with Gasteiger partial charge in [0, 0.05) is 80.6 Å². The van der Waals surface area contributed by atoms with Crippen LogP contribution in [-0.4, -0.2) is 45.1 Å². The van der Waals surface area contributed by atoms with Gasteiger partial charge in [-0.2, -0.15) is 0 Å². The van der Waals surface area contributed by atoms with Crippen LogP contribution in [0.15, 0.2) is 59.9 Å². The lowest BCUT2D eigenvalue weighted by atomic mass is 9.69. The van der Waals surface area contributed by atoms with Gasteiger partial charge in [-0.25, -0.2) is 4.98 Å². The van der Waals surface area contributed by atoms with Crippen molar-refractivity contribution in [2.75, 3.05) is 23.3 Å². The molecule has 3 aromatic rings. The van der Waals surface area contributed by atoms with Gasteiger partial charge in [-0.3, -0.25) is 14.4 Å². The van der Waals surface area contributed by atoms with Gasteiger partial charge in [-0.1, -0.05) is 6.07 Å². The predicted octanol–water partition coefficient (Wildman–Crippen LogP) is 2.37. The molecule has 0 unspecified atom stereocenters. The Labute approximate surface area is 215 Å². The molecule has 4 atom stereocenters. The number of rotatable bonds is 6. The molecule has 6 rings (SSSR count). The summed E-state index contributed by atoms with van der Waals surface area (Å²) in [6.07, 6.45) is 7.85. The molecule has 3 aliphatic rings. The molecule has 2 aromatic heterocycles. The minimum Gasteiger partial charge on any atom is -0.366 e. The highest BCUT2D eigenvalue weighted by Crippen LogP contribution is 2.48. The van der Waals surface area contributed by atoms with E-state index in [-0.39, 0.29) is 35.3 Å². The molecule has 1 fully saturated rings. The van der Waals surface area contributed by atoms with Gasteiger partial charge in [0.25, 0.3) is 5.56 Å². The van der Waals surface area contributed by atoms with E-state index < -0.39 is 0 Å². The molecule has 3 aliphatic heterocycles. The van der Waals surface area contributed by atoms with Crippen LogP contribution >= 0.6 is 0 Å². The smallest absolute Gasteiger partial charge is 0.250 e. The SMILES string of the molecule is CC(=O)Nc1ccc2c(c1)C[C@@H](C(=O)NCCCn1ccnc1)[C@H]1[C@@H]3C[C@H](CN21)Cn1c3cccc1=O. The number of nitrogens with zero attached hydrogens (tertiary/aromatic N) is 4. The Kier molecular flexibility index (Phi) is 6.06. The van der Waals surface area contributed by atoms with Crippen LogP contribution in [0.5, 0.6) is 0 Å². The lowest BCUT2D eigenvalue weighted by Gasteiger charge is -2.54. The number of carbonyl (C=O) groups is 2. The molecule has 192 valence electrons. The molecule has 5 heterocycles. The topological polar surface area (TPSA) is 101 Å². The lowest BCUT2D eigenvalue weighted by molar-refractivity contribution is -0.126. The molecule has 1 aromatic carbocycles. The molecule has 2 amide bonds. The number of imidazole rings is 1. The fraction of sp³-hybridized carbons (Fsp3) is 0.429. The molecule has 2 bridgehead atoms. The molecular formula is C28H32N6O3. The summed E-state index contributed by atoms with van der Waals surface area (Å²) in [4.78, 5) is 44.6. The number of pyridine rings is 1. The third-order valence-corrected chi connectivity index (χ3v) is 8.07. The Hall–Kier alpha value is -3.88. The van der Waals surface area contributed by atoms with Crippen molar-refractivity contribution >= 4 is 23.2 Å². The van der Waals surface area contributed by atoms with Crippen LogP contribution in [0.25, 0.3) is 0 Å². The minimum absolute atomic E-state index is 0.0302. The first-order valence-electron chi connectivity index (χ1n) is 13.1. The lowest BCUT2D eigenvalue weighted by Crippen LogP contribution is -2.60. The normalized spacial score (nSPS) is 23.4. The van der Waals surface area contributed by atoms with Gasteiger partial charge in [0.1, 0.15) is 0 Å². The van der Waals surface area contributed by atoms with Gasteiger partial charge in [0.05, 0.1) is 12.2 Å². The first-order chi connectivity index (χ1) is 18.0. The number of aryl methyl sites for hydroxylation is 1. The van der Waals surface area contributed by atoms with Crippen LogP contribution in [0.4, 0.5) is 11.4 Å². The van der Waals surface area contributed by atoms with E-state index in [1.165, 1.54) is 6.92 Å². The van der Waals surface area contributed by atoms with Crippen molar-refractivity contribution in [3.63, 3.8) is 0 Å². The Morgan fingerprint density at radius 3 is 2.86 bits per heavy atom. The van der Waals surface area contributed by atoms with Crippen molar-refractivity contribution in [3.8, 4) is 0 Å². The Morgan fingerprint density at radius 2 is 2.05 bits per heavy atom. The highest BCUT2D eigenvalue weighted by molar-refractivity contribution is 5.89. The largest absolute Gasteiger partial charge is 0.366 e. The van der Waals surface area contributed by atoms with Crippen LogP contribution in [-0.2, 0) is 29.1 Å². The molecule has 2 N–H and O–H groups in total. The van der Waals surface area contributed by atoms with E-state index in [1.807, 2.05) is 33.5 Å². The number of aromatic nitrogens is 3. The number of amides is 2.